The Morgan fingerprint density at radius 3 is 1.70 bits per heavy atom. The molecule has 1 amide bonds. The van der Waals surface area contributed by atoms with Gasteiger partial charge in [-0.1, -0.05) is 34.6 Å². The highest BCUT2D eigenvalue weighted by atomic mass is 16.5. The first kappa shape index (κ1) is 30.2. The zero-order chi connectivity index (χ0) is 17.3. The molecular formula is C17H41NO5. The van der Waals surface area contributed by atoms with Gasteiger partial charge in [0.15, 0.2) is 0 Å². The van der Waals surface area contributed by atoms with Crippen molar-refractivity contribution in [3.05, 3.63) is 0 Å². The Morgan fingerprint density at radius 1 is 0.870 bits per heavy atom. The fourth-order valence-corrected chi connectivity index (χ4v) is 0.978. The van der Waals surface area contributed by atoms with E-state index in [0.29, 0.717) is 46.0 Å². The summed E-state index contributed by atoms with van der Waals surface area (Å²) in [6.07, 6.45) is 2.92. The van der Waals surface area contributed by atoms with Gasteiger partial charge in [-0.05, 0) is 13.3 Å². The summed E-state index contributed by atoms with van der Waals surface area (Å²) in [5.74, 6) is 0. The maximum absolute atomic E-state index is 9.88. The third-order valence-electron chi connectivity index (χ3n) is 2.15. The third-order valence-corrected chi connectivity index (χ3v) is 2.15. The van der Waals surface area contributed by atoms with Crippen LogP contribution in [0.4, 0.5) is 0 Å². The maximum Gasteiger partial charge on any atom is 0.207 e. The molecule has 0 fully saturated rings. The topological polar surface area (TPSA) is 66.0 Å². The minimum Gasteiger partial charge on any atom is -0.385 e. The van der Waals surface area contributed by atoms with Crippen LogP contribution >= 0.6 is 0 Å². The second-order valence-corrected chi connectivity index (χ2v) is 3.84. The van der Waals surface area contributed by atoms with Crippen LogP contribution in [-0.2, 0) is 23.7 Å². The summed E-state index contributed by atoms with van der Waals surface area (Å²) in [7, 11) is 1.68. The monoisotopic (exact) mass is 339 g/mol. The van der Waals surface area contributed by atoms with E-state index in [9.17, 15) is 4.79 Å². The van der Waals surface area contributed by atoms with Gasteiger partial charge in [-0.2, -0.15) is 0 Å². The molecule has 0 aliphatic rings. The molecule has 0 saturated carbocycles. The molecule has 6 nitrogen and oxygen atoms in total. The van der Waals surface area contributed by atoms with E-state index in [1.54, 1.807) is 7.11 Å². The lowest BCUT2D eigenvalue weighted by molar-refractivity contribution is -0.109. The molecule has 0 aromatic heterocycles. The van der Waals surface area contributed by atoms with Gasteiger partial charge in [-0.25, -0.2) is 0 Å². The first-order valence-corrected chi connectivity index (χ1v) is 8.22. The van der Waals surface area contributed by atoms with E-state index in [2.05, 4.69) is 17.0 Å². The number of carbonyl (C=O) groups excluding carboxylic acids is 1. The minimum atomic E-state index is 0. The van der Waals surface area contributed by atoms with E-state index in [4.69, 9.17) is 14.2 Å². The van der Waals surface area contributed by atoms with Crippen molar-refractivity contribution in [3.8, 4) is 0 Å². The highest BCUT2D eigenvalue weighted by Crippen LogP contribution is 1.87. The molecule has 0 aromatic rings. The number of carbonyl (C=O) groups is 1. The second-order valence-electron chi connectivity index (χ2n) is 3.84. The number of methoxy groups -OCH3 is 1. The highest BCUT2D eigenvalue weighted by Gasteiger charge is 1.91. The second kappa shape index (κ2) is 37.5. The van der Waals surface area contributed by atoms with Crippen LogP contribution in [0.15, 0.2) is 0 Å². The first-order valence-electron chi connectivity index (χ1n) is 8.22. The van der Waals surface area contributed by atoms with Crippen LogP contribution in [0.2, 0.25) is 0 Å². The van der Waals surface area contributed by atoms with Crippen molar-refractivity contribution in [2.75, 3.05) is 59.9 Å². The van der Waals surface area contributed by atoms with Gasteiger partial charge >= 0.3 is 0 Å². The lowest BCUT2D eigenvalue weighted by Gasteiger charge is -2.06. The van der Waals surface area contributed by atoms with Gasteiger partial charge in [0.05, 0.1) is 33.0 Å². The largest absolute Gasteiger partial charge is 0.385 e. The molecule has 0 radical (unpaired) electrons. The number of hydrogen-bond acceptors (Lipinski definition) is 5. The zero-order valence-electron chi connectivity index (χ0n) is 15.2. The van der Waals surface area contributed by atoms with E-state index >= 15 is 0 Å². The van der Waals surface area contributed by atoms with Crippen molar-refractivity contribution in [3.63, 3.8) is 0 Å². The molecule has 0 rings (SSSR count). The Bertz CT molecular complexity index is 169. The van der Waals surface area contributed by atoms with Crippen molar-refractivity contribution in [1.82, 2.24) is 5.32 Å². The fourth-order valence-electron chi connectivity index (χ4n) is 0.978. The van der Waals surface area contributed by atoms with Crippen LogP contribution in [0.25, 0.3) is 0 Å². The van der Waals surface area contributed by atoms with Crippen LogP contribution in [0, 0.1) is 0 Å². The molecule has 0 unspecified atom stereocenters. The zero-order valence-corrected chi connectivity index (χ0v) is 15.2. The predicted molar refractivity (Wildman–Crippen MR) is 97.1 cm³/mol. The Hall–Kier alpha value is -0.690. The number of amides is 1. The molecular weight excluding hydrogens is 298 g/mol. The molecule has 0 atom stereocenters. The van der Waals surface area contributed by atoms with Crippen LogP contribution in [-0.4, -0.2) is 66.3 Å². The van der Waals surface area contributed by atoms with Gasteiger partial charge in [0.1, 0.15) is 0 Å². The minimum absolute atomic E-state index is 0. The Morgan fingerprint density at radius 2 is 1.30 bits per heavy atom. The van der Waals surface area contributed by atoms with Crippen molar-refractivity contribution >= 4 is 6.41 Å². The smallest absolute Gasteiger partial charge is 0.207 e. The van der Waals surface area contributed by atoms with Gasteiger partial charge in [0, 0.05) is 26.9 Å². The number of unbranched alkanes of at least 4 members (excludes halogenated alkanes) is 1. The predicted octanol–water partition coefficient (Wildman–Crippen LogP) is 2.90. The number of ether oxygens (including phenoxy) is 4. The van der Waals surface area contributed by atoms with E-state index in [1.807, 2.05) is 20.8 Å². The van der Waals surface area contributed by atoms with Gasteiger partial charge < -0.3 is 24.3 Å². The SMILES string of the molecule is C.CC.CCCCOCCOCCOCCNC=O.CCOC. The molecule has 23 heavy (non-hydrogen) atoms. The summed E-state index contributed by atoms with van der Waals surface area (Å²) >= 11 is 0. The van der Waals surface area contributed by atoms with E-state index < -0.39 is 0 Å². The van der Waals surface area contributed by atoms with Gasteiger partial charge in [0.25, 0.3) is 0 Å². The first-order chi connectivity index (χ1) is 10.8. The fraction of sp³-hybridized carbons (Fsp3) is 0.941. The van der Waals surface area contributed by atoms with E-state index in [1.165, 1.54) is 0 Å². The molecule has 0 aliphatic carbocycles. The summed E-state index contributed by atoms with van der Waals surface area (Å²) in [5, 5.41) is 2.51. The quantitative estimate of drug-likeness (QED) is 0.389. The summed E-state index contributed by atoms with van der Waals surface area (Å²) < 4.78 is 20.3. The lowest BCUT2D eigenvalue weighted by atomic mass is 10.4. The number of rotatable bonds is 14. The highest BCUT2D eigenvalue weighted by molar-refractivity contribution is 5.45. The third kappa shape index (κ3) is 44.9. The Balaban J connectivity index is -0.000000223. The normalized spacial score (nSPS) is 8.74. The van der Waals surface area contributed by atoms with Crippen molar-refractivity contribution in [1.29, 1.82) is 0 Å². The maximum atomic E-state index is 9.88. The van der Waals surface area contributed by atoms with Gasteiger partial charge in [-0.3, -0.25) is 4.79 Å². The molecule has 144 valence electrons. The molecule has 6 heteroatoms. The van der Waals surface area contributed by atoms with Crippen LogP contribution in [0.1, 0.15) is 48.0 Å². The van der Waals surface area contributed by atoms with Crippen molar-refractivity contribution in [2.45, 2.75) is 48.0 Å². The van der Waals surface area contributed by atoms with Crippen LogP contribution < -0.4 is 5.32 Å². The van der Waals surface area contributed by atoms with Gasteiger partial charge in [0.2, 0.25) is 6.41 Å². The summed E-state index contributed by atoms with van der Waals surface area (Å²) in [6, 6.07) is 0. The molecule has 0 bridgehead atoms. The Kier molecular flexibility index (Phi) is 49.3. The summed E-state index contributed by atoms with van der Waals surface area (Å²) in [6.45, 7) is 13.2. The molecule has 0 saturated heterocycles. The summed E-state index contributed by atoms with van der Waals surface area (Å²) in [5.41, 5.74) is 0. The number of nitrogens with one attached hydrogen (secondary N) is 1. The van der Waals surface area contributed by atoms with E-state index in [0.717, 1.165) is 26.1 Å². The van der Waals surface area contributed by atoms with Crippen LogP contribution in [0.3, 0.4) is 0 Å². The average molecular weight is 340 g/mol. The molecule has 0 aliphatic heterocycles. The molecule has 0 heterocycles. The molecule has 0 aromatic carbocycles. The van der Waals surface area contributed by atoms with E-state index in [-0.39, 0.29) is 7.43 Å². The number of hydrogen-bond donors (Lipinski definition) is 1. The van der Waals surface area contributed by atoms with Crippen LogP contribution in [0.5, 0.6) is 0 Å². The Labute approximate surface area is 144 Å². The van der Waals surface area contributed by atoms with Crippen molar-refractivity contribution < 1.29 is 23.7 Å². The summed E-state index contributed by atoms with van der Waals surface area (Å²) in [4.78, 5) is 9.88. The standard InChI is InChI=1S/C11H23NO4.C3H8O.C2H6.CH4/c1-2-3-5-14-7-9-16-10-8-15-6-4-12-11-13;1-3-4-2;1-2;/h11H,2-10H2,1H3,(H,12,13);3H2,1-2H3;1-2H3;1H4. The molecule has 0 spiro atoms. The average Bonchev–Trinajstić information content (AvgIpc) is 2.58. The van der Waals surface area contributed by atoms with Crippen molar-refractivity contribution in [2.24, 2.45) is 0 Å². The molecule has 1 N–H and O–H groups in total. The van der Waals surface area contributed by atoms with Gasteiger partial charge in [-0.15, -0.1) is 0 Å². The lowest BCUT2D eigenvalue weighted by Crippen LogP contribution is -2.19.